The highest BCUT2D eigenvalue weighted by atomic mass is 32.2. The Bertz CT molecular complexity index is 434. The van der Waals surface area contributed by atoms with Gasteiger partial charge in [0, 0.05) is 13.1 Å². The second-order valence-electron chi connectivity index (χ2n) is 5.22. The summed E-state index contributed by atoms with van der Waals surface area (Å²) in [6.45, 7) is 6.54. The average molecular weight is 287 g/mol. The van der Waals surface area contributed by atoms with E-state index in [0.717, 1.165) is 22.6 Å². The third-order valence-corrected chi connectivity index (χ3v) is 4.99. The van der Waals surface area contributed by atoms with Gasteiger partial charge in [-0.2, -0.15) is 0 Å². The molecule has 7 heteroatoms. The van der Waals surface area contributed by atoms with E-state index in [4.69, 9.17) is 5.11 Å². The van der Waals surface area contributed by atoms with Crippen molar-refractivity contribution in [2.24, 2.45) is 5.41 Å². The molecule has 1 fully saturated rings. The Labute approximate surface area is 115 Å². The highest BCUT2D eigenvalue weighted by molar-refractivity contribution is 8.01. The zero-order valence-corrected chi connectivity index (χ0v) is 12.2. The number of aromatic nitrogens is 2. The maximum Gasteiger partial charge on any atom is 0.313 e. The van der Waals surface area contributed by atoms with Gasteiger partial charge in [0.25, 0.3) is 0 Å². The predicted molar refractivity (Wildman–Crippen MR) is 73.5 cm³/mol. The van der Waals surface area contributed by atoms with Gasteiger partial charge in [0.05, 0.1) is 5.75 Å². The summed E-state index contributed by atoms with van der Waals surface area (Å²) >= 11 is 2.72. The summed E-state index contributed by atoms with van der Waals surface area (Å²) in [5.74, 6) is -0.781. The summed E-state index contributed by atoms with van der Waals surface area (Å²) in [6.07, 6.45) is 2.41. The van der Waals surface area contributed by atoms with Crippen LogP contribution in [0.4, 0.5) is 5.13 Å². The van der Waals surface area contributed by atoms with E-state index < -0.39 is 5.97 Å². The van der Waals surface area contributed by atoms with Gasteiger partial charge in [0.1, 0.15) is 0 Å². The summed E-state index contributed by atoms with van der Waals surface area (Å²) in [5.41, 5.74) is 0.318. The van der Waals surface area contributed by atoms with Crippen molar-refractivity contribution in [3.63, 3.8) is 0 Å². The van der Waals surface area contributed by atoms with Crippen molar-refractivity contribution < 1.29 is 9.90 Å². The number of anilines is 1. The lowest BCUT2D eigenvalue weighted by molar-refractivity contribution is -0.133. The van der Waals surface area contributed by atoms with E-state index in [2.05, 4.69) is 28.9 Å². The molecule has 18 heavy (non-hydrogen) atoms. The molecule has 0 aliphatic carbocycles. The summed E-state index contributed by atoms with van der Waals surface area (Å²) in [7, 11) is 0. The van der Waals surface area contributed by atoms with Gasteiger partial charge >= 0.3 is 5.97 Å². The molecule has 100 valence electrons. The number of carboxylic acid groups (broad SMARTS) is 1. The molecule has 1 aromatic heterocycles. The highest BCUT2D eigenvalue weighted by Gasteiger charge is 2.28. The fourth-order valence-corrected chi connectivity index (χ4v) is 3.68. The van der Waals surface area contributed by atoms with Crippen LogP contribution in [0.2, 0.25) is 0 Å². The molecule has 2 rings (SSSR count). The first-order chi connectivity index (χ1) is 8.46. The zero-order valence-electron chi connectivity index (χ0n) is 10.5. The van der Waals surface area contributed by atoms with Crippen LogP contribution in [0.15, 0.2) is 4.34 Å². The molecule has 1 saturated heterocycles. The van der Waals surface area contributed by atoms with Crippen molar-refractivity contribution in [2.45, 2.75) is 31.0 Å². The van der Waals surface area contributed by atoms with Gasteiger partial charge in [-0.3, -0.25) is 4.79 Å². The number of thioether (sulfide) groups is 1. The molecule has 1 N–H and O–H groups in total. The fraction of sp³-hybridized carbons (Fsp3) is 0.727. The number of nitrogens with zero attached hydrogens (tertiary/aromatic N) is 3. The van der Waals surface area contributed by atoms with E-state index in [9.17, 15) is 4.79 Å². The number of rotatable bonds is 4. The van der Waals surface area contributed by atoms with Gasteiger partial charge in [0.2, 0.25) is 5.13 Å². The quantitative estimate of drug-likeness (QED) is 0.857. The number of carboxylic acids is 1. The first-order valence-electron chi connectivity index (χ1n) is 5.89. The van der Waals surface area contributed by atoms with E-state index in [1.165, 1.54) is 35.9 Å². The van der Waals surface area contributed by atoms with E-state index >= 15 is 0 Å². The minimum Gasteiger partial charge on any atom is -0.481 e. The molecule has 0 spiro atoms. The number of aliphatic carboxylic acids is 1. The van der Waals surface area contributed by atoms with Crippen LogP contribution >= 0.6 is 23.1 Å². The number of carbonyl (C=O) groups is 1. The van der Waals surface area contributed by atoms with E-state index in [1.54, 1.807) is 0 Å². The van der Waals surface area contributed by atoms with Crippen molar-refractivity contribution in [3.8, 4) is 0 Å². The van der Waals surface area contributed by atoms with E-state index in [0.29, 0.717) is 5.41 Å². The lowest BCUT2D eigenvalue weighted by Gasteiger charge is -2.37. The minimum atomic E-state index is -0.823. The molecule has 0 radical (unpaired) electrons. The second-order valence-corrected chi connectivity index (χ2v) is 7.40. The molecule has 5 nitrogen and oxygen atoms in total. The van der Waals surface area contributed by atoms with Crippen LogP contribution in [-0.2, 0) is 4.79 Å². The lowest BCUT2D eigenvalue weighted by atomic mass is 9.84. The number of piperidine rings is 1. The smallest absolute Gasteiger partial charge is 0.313 e. The fourth-order valence-electron chi connectivity index (χ4n) is 2.10. The van der Waals surface area contributed by atoms with Gasteiger partial charge in [-0.15, -0.1) is 10.2 Å². The number of hydrogen-bond donors (Lipinski definition) is 1. The summed E-state index contributed by atoms with van der Waals surface area (Å²) in [5, 5.41) is 17.7. The van der Waals surface area contributed by atoms with Crippen LogP contribution in [0.1, 0.15) is 26.7 Å². The van der Waals surface area contributed by atoms with Crippen molar-refractivity contribution in [2.75, 3.05) is 23.7 Å². The van der Waals surface area contributed by atoms with Gasteiger partial charge in [-0.1, -0.05) is 36.9 Å². The van der Waals surface area contributed by atoms with Crippen molar-refractivity contribution >= 4 is 34.2 Å². The van der Waals surface area contributed by atoms with E-state index in [1.807, 2.05) is 0 Å². The first kappa shape index (κ1) is 13.6. The Morgan fingerprint density at radius 1 is 1.56 bits per heavy atom. The molecular formula is C11H17N3O2S2. The monoisotopic (exact) mass is 287 g/mol. The zero-order chi connectivity index (χ0) is 13.2. The first-order valence-corrected chi connectivity index (χ1v) is 7.69. The van der Waals surface area contributed by atoms with Crippen molar-refractivity contribution in [1.29, 1.82) is 0 Å². The van der Waals surface area contributed by atoms with Crippen LogP contribution in [0.5, 0.6) is 0 Å². The molecule has 0 saturated carbocycles. The molecule has 2 heterocycles. The lowest BCUT2D eigenvalue weighted by Crippen LogP contribution is -2.40. The molecule has 1 aliphatic rings. The number of hydrogen-bond acceptors (Lipinski definition) is 6. The van der Waals surface area contributed by atoms with Crippen molar-refractivity contribution in [3.05, 3.63) is 0 Å². The molecule has 0 aromatic carbocycles. The molecule has 0 bridgehead atoms. The van der Waals surface area contributed by atoms with Gasteiger partial charge < -0.3 is 10.0 Å². The Morgan fingerprint density at radius 2 is 2.33 bits per heavy atom. The van der Waals surface area contributed by atoms with Gasteiger partial charge in [-0.05, 0) is 18.3 Å². The van der Waals surface area contributed by atoms with Crippen LogP contribution in [0.25, 0.3) is 0 Å². The minimum absolute atomic E-state index is 0.0418. The van der Waals surface area contributed by atoms with Gasteiger partial charge in [-0.25, -0.2) is 0 Å². The molecule has 1 aliphatic heterocycles. The highest BCUT2D eigenvalue weighted by Crippen LogP contribution is 2.34. The molecule has 0 atom stereocenters. The third kappa shape index (κ3) is 3.58. The second kappa shape index (κ2) is 5.44. The molecule has 1 aromatic rings. The van der Waals surface area contributed by atoms with E-state index in [-0.39, 0.29) is 5.75 Å². The predicted octanol–water partition coefficient (Wildman–Crippen LogP) is 2.34. The molecule has 0 amide bonds. The van der Waals surface area contributed by atoms with Gasteiger partial charge in [0.15, 0.2) is 4.34 Å². The average Bonchev–Trinajstić information content (AvgIpc) is 2.73. The largest absolute Gasteiger partial charge is 0.481 e. The SMILES string of the molecule is CC1(C)CCCN(c2nnc(SCC(=O)O)s2)C1. The van der Waals surface area contributed by atoms with Crippen LogP contribution in [0, 0.1) is 5.41 Å². The maximum atomic E-state index is 10.5. The topological polar surface area (TPSA) is 66.3 Å². The normalized spacial score (nSPS) is 18.9. The standard InChI is InChI=1S/C11H17N3O2S2/c1-11(2)4-3-5-14(7-11)9-12-13-10(18-9)17-6-8(15)16/h3-7H2,1-2H3,(H,15,16). The molecular weight excluding hydrogens is 270 g/mol. The van der Waals surface area contributed by atoms with Crippen LogP contribution in [0.3, 0.4) is 0 Å². The van der Waals surface area contributed by atoms with Crippen LogP contribution < -0.4 is 4.90 Å². The third-order valence-electron chi connectivity index (χ3n) is 2.89. The van der Waals surface area contributed by atoms with Crippen LogP contribution in [-0.4, -0.2) is 40.1 Å². The summed E-state index contributed by atoms with van der Waals surface area (Å²) in [6, 6.07) is 0. The maximum absolute atomic E-state index is 10.5. The Morgan fingerprint density at radius 3 is 3.00 bits per heavy atom. The Hall–Kier alpha value is -0.820. The Balaban J connectivity index is 1.99. The summed E-state index contributed by atoms with van der Waals surface area (Å²) < 4.78 is 0.732. The molecule has 0 unspecified atom stereocenters. The van der Waals surface area contributed by atoms with Crippen molar-refractivity contribution in [1.82, 2.24) is 10.2 Å². The summed E-state index contributed by atoms with van der Waals surface area (Å²) in [4.78, 5) is 12.7. The Kier molecular flexibility index (Phi) is 4.11.